The van der Waals surface area contributed by atoms with Crippen LogP contribution >= 0.6 is 0 Å². The van der Waals surface area contributed by atoms with Gasteiger partial charge in [-0.15, -0.1) is 0 Å². The molecule has 0 bridgehead atoms. The molecular formula is C18H28N4O2. The van der Waals surface area contributed by atoms with Crippen LogP contribution in [0.15, 0.2) is 18.5 Å². The first-order valence-electron chi connectivity index (χ1n) is 9.36. The van der Waals surface area contributed by atoms with Crippen LogP contribution in [-0.4, -0.2) is 54.6 Å². The molecule has 132 valence electrons. The summed E-state index contributed by atoms with van der Waals surface area (Å²) in [6.07, 6.45) is 10.5. The zero-order chi connectivity index (χ0) is 16.2. The molecule has 0 radical (unpaired) electrons. The quantitative estimate of drug-likeness (QED) is 0.910. The van der Waals surface area contributed by atoms with Gasteiger partial charge in [0.1, 0.15) is 0 Å². The molecule has 1 saturated carbocycles. The van der Waals surface area contributed by atoms with Gasteiger partial charge >= 0.3 is 0 Å². The van der Waals surface area contributed by atoms with Crippen molar-refractivity contribution in [2.75, 3.05) is 37.7 Å². The summed E-state index contributed by atoms with van der Waals surface area (Å²) in [4.78, 5) is 11.1. The fraction of sp³-hybridized carbons (Fsp3) is 0.778. The van der Waals surface area contributed by atoms with Crippen LogP contribution in [0.4, 0.5) is 5.95 Å². The first-order valence-corrected chi connectivity index (χ1v) is 9.36. The molecule has 4 rings (SSSR count). The van der Waals surface area contributed by atoms with E-state index < -0.39 is 0 Å². The van der Waals surface area contributed by atoms with E-state index in [-0.39, 0.29) is 5.79 Å². The predicted octanol–water partition coefficient (Wildman–Crippen LogP) is 1.97. The first kappa shape index (κ1) is 16.2. The molecule has 1 aromatic rings. The van der Waals surface area contributed by atoms with Crippen LogP contribution in [0.25, 0.3) is 0 Å². The van der Waals surface area contributed by atoms with Crippen molar-refractivity contribution >= 4 is 5.95 Å². The average molecular weight is 332 g/mol. The second-order valence-corrected chi connectivity index (χ2v) is 7.29. The van der Waals surface area contributed by atoms with Crippen LogP contribution in [0.1, 0.15) is 38.5 Å². The second kappa shape index (κ2) is 7.33. The second-order valence-electron chi connectivity index (χ2n) is 7.29. The minimum Gasteiger partial charge on any atom is -0.348 e. The van der Waals surface area contributed by atoms with Gasteiger partial charge in [0, 0.05) is 44.4 Å². The Balaban J connectivity index is 1.23. The Hall–Kier alpha value is -1.24. The average Bonchev–Trinajstić information content (AvgIpc) is 3.10. The first-order chi connectivity index (χ1) is 11.8. The van der Waals surface area contributed by atoms with Gasteiger partial charge in [-0.2, -0.15) is 0 Å². The highest BCUT2D eigenvalue weighted by atomic mass is 16.7. The summed E-state index contributed by atoms with van der Waals surface area (Å²) < 4.78 is 11.6. The largest absolute Gasteiger partial charge is 0.348 e. The minimum absolute atomic E-state index is 0.246. The van der Waals surface area contributed by atoms with Crippen molar-refractivity contribution in [3.8, 4) is 0 Å². The Morgan fingerprint density at radius 2 is 1.88 bits per heavy atom. The van der Waals surface area contributed by atoms with Crippen LogP contribution in [0, 0.1) is 5.92 Å². The molecule has 3 fully saturated rings. The number of hydrogen-bond donors (Lipinski definition) is 1. The molecule has 1 spiro atoms. The van der Waals surface area contributed by atoms with Crippen LogP contribution in [0.3, 0.4) is 0 Å². The van der Waals surface area contributed by atoms with Crippen LogP contribution in [0.2, 0.25) is 0 Å². The van der Waals surface area contributed by atoms with E-state index in [2.05, 4.69) is 20.2 Å². The third-order valence-corrected chi connectivity index (χ3v) is 5.61. The summed E-state index contributed by atoms with van der Waals surface area (Å²) in [7, 11) is 0. The molecule has 0 amide bonds. The molecule has 3 aliphatic rings. The van der Waals surface area contributed by atoms with Gasteiger partial charge in [-0.05, 0) is 44.2 Å². The van der Waals surface area contributed by atoms with E-state index >= 15 is 0 Å². The van der Waals surface area contributed by atoms with E-state index in [9.17, 15) is 0 Å². The van der Waals surface area contributed by atoms with Gasteiger partial charge in [0.05, 0.1) is 13.2 Å². The van der Waals surface area contributed by atoms with Gasteiger partial charge in [0.15, 0.2) is 5.79 Å². The monoisotopic (exact) mass is 332 g/mol. The van der Waals surface area contributed by atoms with E-state index in [1.165, 1.54) is 12.8 Å². The molecule has 6 nitrogen and oxygen atoms in total. The summed E-state index contributed by atoms with van der Waals surface area (Å²) in [6, 6.07) is 2.48. The molecule has 6 heteroatoms. The van der Waals surface area contributed by atoms with Gasteiger partial charge in [-0.25, -0.2) is 9.97 Å². The molecule has 1 N–H and O–H groups in total. The number of aromatic nitrogens is 2. The number of piperidine rings is 1. The Morgan fingerprint density at radius 3 is 2.62 bits per heavy atom. The fourth-order valence-electron chi connectivity index (χ4n) is 4.25. The van der Waals surface area contributed by atoms with Crippen LogP contribution in [-0.2, 0) is 9.47 Å². The zero-order valence-corrected chi connectivity index (χ0v) is 14.3. The molecule has 3 heterocycles. The maximum atomic E-state index is 5.82. The smallest absolute Gasteiger partial charge is 0.225 e. The zero-order valence-electron chi connectivity index (χ0n) is 14.3. The molecular weight excluding hydrogens is 304 g/mol. The summed E-state index contributed by atoms with van der Waals surface area (Å²) in [5, 5.41) is 3.79. The molecule has 2 aliphatic heterocycles. The van der Waals surface area contributed by atoms with Gasteiger partial charge in [-0.3, -0.25) is 0 Å². The molecule has 1 aromatic heterocycles. The predicted molar refractivity (Wildman–Crippen MR) is 91.9 cm³/mol. The van der Waals surface area contributed by atoms with Crippen molar-refractivity contribution in [3.05, 3.63) is 18.5 Å². The van der Waals surface area contributed by atoms with E-state index in [1.807, 2.05) is 18.5 Å². The molecule has 2 saturated heterocycles. The van der Waals surface area contributed by atoms with Crippen molar-refractivity contribution in [1.82, 2.24) is 15.3 Å². The molecule has 1 aliphatic carbocycles. The van der Waals surface area contributed by atoms with Gasteiger partial charge in [-0.1, -0.05) is 0 Å². The fourth-order valence-corrected chi connectivity index (χ4v) is 4.25. The standard InChI is InChI=1S/C18H28N4O2/c1-3-15(14-22(10-1)17-19-8-2-9-20-17)13-21-16-4-6-18(7-5-16)23-11-12-24-18/h2,8-9,15-16,21H,1,3-7,10-14H2/t15-/m0/s1. The lowest BCUT2D eigenvalue weighted by molar-refractivity contribution is -0.179. The van der Waals surface area contributed by atoms with Crippen LogP contribution < -0.4 is 10.2 Å². The summed E-state index contributed by atoms with van der Waals surface area (Å²) >= 11 is 0. The van der Waals surface area contributed by atoms with E-state index in [4.69, 9.17) is 9.47 Å². The third-order valence-electron chi connectivity index (χ3n) is 5.61. The number of nitrogens with one attached hydrogen (secondary N) is 1. The Bertz CT molecular complexity index is 511. The normalized spacial score (nSPS) is 27.7. The number of hydrogen-bond acceptors (Lipinski definition) is 6. The summed E-state index contributed by atoms with van der Waals surface area (Å²) in [5.41, 5.74) is 0. The topological polar surface area (TPSA) is 59.5 Å². The van der Waals surface area contributed by atoms with Gasteiger partial charge < -0.3 is 19.7 Å². The lowest BCUT2D eigenvalue weighted by Gasteiger charge is -2.37. The lowest BCUT2D eigenvalue weighted by Crippen LogP contribution is -2.46. The van der Waals surface area contributed by atoms with Crippen molar-refractivity contribution < 1.29 is 9.47 Å². The van der Waals surface area contributed by atoms with Crippen molar-refractivity contribution in [2.45, 2.75) is 50.4 Å². The number of anilines is 1. The third kappa shape index (κ3) is 3.71. The van der Waals surface area contributed by atoms with Crippen molar-refractivity contribution in [3.63, 3.8) is 0 Å². The SMILES string of the molecule is c1cnc(N2CCC[C@@H](CNC3CCC4(CC3)OCCO4)C2)nc1. The Labute approximate surface area is 143 Å². The Kier molecular flexibility index (Phi) is 4.96. The highest BCUT2D eigenvalue weighted by Crippen LogP contribution is 2.35. The number of ether oxygens (including phenoxy) is 2. The molecule has 0 unspecified atom stereocenters. The number of nitrogens with zero attached hydrogens (tertiary/aromatic N) is 3. The van der Waals surface area contributed by atoms with Gasteiger partial charge in [0.25, 0.3) is 0 Å². The molecule has 0 aromatic carbocycles. The highest BCUT2D eigenvalue weighted by Gasteiger charge is 2.40. The summed E-state index contributed by atoms with van der Waals surface area (Å²) in [6.45, 7) is 4.73. The lowest BCUT2D eigenvalue weighted by atomic mass is 9.89. The maximum absolute atomic E-state index is 5.82. The van der Waals surface area contributed by atoms with E-state index in [0.29, 0.717) is 12.0 Å². The summed E-state index contributed by atoms with van der Waals surface area (Å²) in [5.74, 6) is 1.31. The molecule has 24 heavy (non-hydrogen) atoms. The minimum atomic E-state index is -0.246. The maximum Gasteiger partial charge on any atom is 0.225 e. The van der Waals surface area contributed by atoms with Crippen molar-refractivity contribution in [2.24, 2.45) is 5.92 Å². The van der Waals surface area contributed by atoms with E-state index in [0.717, 1.165) is 64.5 Å². The van der Waals surface area contributed by atoms with Gasteiger partial charge in [0.2, 0.25) is 5.95 Å². The Morgan fingerprint density at radius 1 is 1.12 bits per heavy atom. The van der Waals surface area contributed by atoms with Crippen LogP contribution in [0.5, 0.6) is 0 Å². The highest BCUT2D eigenvalue weighted by molar-refractivity contribution is 5.29. The van der Waals surface area contributed by atoms with Crippen molar-refractivity contribution in [1.29, 1.82) is 0 Å². The molecule has 1 atom stereocenters. The number of rotatable bonds is 4. The van der Waals surface area contributed by atoms with E-state index in [1.54, 1.807) is 0 Å².